The number of rotatable bonds is 0. The lowest BCUT2D eigenvalue weighted by molar-refractivity contribution is -0.265. The zero-order valence-corrected chi connectivity index (χ0v) is 8.97. The molecule has 92 valence electrons. The first-order valence-electron chi connectivity index (χ1n) is 5.50. The van der Waals surface area contributed by atoms with Gasteiger partial charge in [-0.1, -0.05) is 6.07 Å². The number of benzene rings is 1. The van der Waals surface area contributed by atoms with Crippen molar-refractivity contribution < 1.29 is 23.0 Å². The number of hydrogen-bond donors (Lipinski definition) is 1. The van der Waals surface area contributed by atoms with Gasteiger partial charge in [-0.15, -0.1) is 0 Å². The maximum absolute atomic E-state index is 13.0. The summed E-state index contributed by atoms with van der Waals surface area (Å²) in [6.45, 7) is 0.389. The number of aliphatic hydroxyl groups is 1. The Labute approximate surface area is 96.0 Å². The fraction of sp³-hybridized carbons (Fsp3) is 0.500. The summed E-state index contributed by atoms with van der Waals surface area (Å²) in [5.41, 5.74) is -1.53. The van der Waals surface area contributed by atoms with Crippen LogP contribution >= 0.6 is 0 Å². The molecule has 1 aromatic carbocycles. The fourth-order valence-corrected chi connectivity index (χ4v) is 2.77. The molecule has 1 heterocycles. The molecule has 0 saturated heterocycles. The Balaban J connectivity index is 2.23. The van der Waals surface area contributed by atoms with E-state index in [2.05, 4.69) is 0 Å². The Morgan fingerprint density at radius 3 is 2.71 bits per heavy atom. The molecule has 0 saturated carbocycles. The minimum atomic E-state index is -4.63. The van der Waals surface area contributed by atoms with Gasteiger partial charge in [-0.25, -0.2) is 0 Å². The first kappa shape index (κ1) is 10.9. The molecule has 3 rings (SSSR count). The lowest BCUT2D eigenvalue weighted by Gasteiger charge is -2.28. The second-order valence-electron chi connectivity index (χ2n) is 4.53. The van der Waals surface area contributed by atoms with E-state index in [0.717, 1.165) is 0 Å². The van der Waals surface area contributed by atoms with Gasteiger partial charge in [0.25, 0.3) is 0 Å². The van der Waals surface area contributed by atoms with Gasteiger partial charge in [0, 0.05) is 17.5 Å². The summed E-state index contributed by atoms with van der Waals surface area (Å²) in [4.78, 5) is 0. The highest BCUT2D eigenvalue weighted by molar-refractivity contribution is 5.53. The molecule has 0 spiro atoms. The molecule has 1 atom stereocenters. The number of alkyl halides is 3. The van der Waals surface area contributed by atoms with Crippen molar-refractivity contribution in [3.8, 4) is 5.75 Å². The summed E-state index contributed by atoms with van der Waals surface area (Å²) in [5, 5.41) is 9.96. The average Bonchev–Trinajstić information content (AvgIpc) is 2.81. The fourth-order valence-electron chi connectivity index (χ4n) is 2.77. The molecular formula is C12H11F3O2. The summed E-state index contributed by atoms with van der Waals surface area (Å²) >= 11 is 0. The van der Waals surface area contributed by atoms with E-state index in [-0.39, 0.29) is 18.4 Å². The highest BCUT2D eigenvalue weighted by atomic mass is 19.4. The van der Waals surface area contributed by atoms with E-state index < -0.39 is 11.8 Å². The lowest BCUT2D eigenvalue weighted by Crippen LogP contribution is -2.40. The number of aryl methyl sites for hydroxylation is 1. The van der Waals surface area contributed by atoms with E-state index in [1.54, 1.807) is 12.1 Å². The summed E-state index contributed by atoms with van der Waals surface area (Å²) in [6, 6.07) is 3.33. The van der Waals surface area contributed by atoms with Gasteiger partial charge in [0.2, 0.25) is 0 Å². The Kier molecular flexibility index (Phi) is 2.03. The minimum Gasteiger partial charge on any atom is -0.493 e. The molecule has 1 aliphatic heterocycles. The third kappa shape index (κ3) is 1.32. The minimum absolute atomic E-state index is 0.0417. The molecule has 1 aromatic rings. The van der Waals surface area contributed by atoms with Crippen LogP contribution < -0.4 is 4.74 Å². The third-order valence-electron chi connectivity index (χ3n) is 3.60. The van der Waals surface area contributed by atoms with Crippen LogP contribution in [0.1, 0.15) is 23.1 Å². The summed E-state index contributed by atoms with van der Waals surface area (Å²) in [7, 11) is 0. The normalized spacial score (nSPS) is 26.6. The number of ether oxygens (including phenoxy) is 1. The van der Waals surface area contributed by atoms with E-state index in [4.69, 9.17) is 4.74 Å². The smallest absolute Gasteiger partial charge is 0.421 e. The zero-order valence-electron chi connectivity index (χ0n) is 8.97. The first-order valence-corrected chi connectivity index (χ1v) is 5.50. The Hall–Kier alpha value is -1.23. The van der Waals surface area contributed by atoms with Crippen molar-refractivity contribution in [2.75, 3.05) is 6.61 Å². The predicted molar refractivity (Wildman–Crippen MR) is 53.9 cm³/mol. The van der Waals surface area contributed by atoms with Crippen molar-refractivity contribution in [3.63, 3.8) is 0 Å². The van der Waals surface area contributed by atoms with Crippen LogP contribution in [-0.2, 0) is 18.4 Å². The van der Waals surface area contributed by atoms with E-state index in [1.165, 1.54) is 0 Å². The van der Waals surface area contributed by atoms with Crippen LogP contribution in [0.2, 0.25) is 0 Å². The molecule has 1 aliphatic carbocycles. The molecule has 1 unspecified atom stereocenters. The van der Waals surface area contributed by atoms with Gasteiger partial charge < -0.3 is 9.84 Å². The van der Waals surface area contributed by atoms with Crippen LogP contribution in [-0.4, -0.2) is 17.9 Å². The Bertz CT molecular complexity index is 481. The molecule has 0 amide bonds. The van der Waals surface area contributed by atoms with Crippen molar-refractivity contribution in [2.45, 2.75) is 31.0 Å². The quantitative estimate of drug-likeness (QED) is 0.759. The van der Waals surface area contributed by atoms with Crippen molar-refractivity contribution in [2.24, 2.45) is 0 Å². The molecule has 2 aliphatic rings. The van der Waals surface area contributed by atoms with Gasteiger partial charge in [0.15, 0.2) is 5.60 Å². The maximum Gasteiger partial charge on any atom is 0.421 e. The van der Waals surface area contributed by atoms with Crippen molar-refractivity contribution in [1.82, 2.24) is 0 Å². The molecule has 0 radical (unpaired) electrons. The first-order chi connectivity index (χ1) is 7.93. The van der Waals surface area contributed by atoms with Crippen LogP contribution in [0.5, 0.6) is 5.75 Å². The van der Waals surface area contributed by atoms with Crippen LogP contribution in [0.3, 0.4) is 0 Å². The van der Waals surface area contributed by atoms with Crippen LogP contribution in [0, 0.1) is 0 Å². The zero-order chi connectivity index (χ0) is 12.3. The largest absolute Gasteiger partial charge is 0.493 e. The van der Waals surface area contributed by atoms with E-state index >= 15 is 0 Å². The molecule has 0 fully saturated rings. The summed E-state index contributed by atoms with van der Waals surface area (Å²) in [5.74, 6) is 0.480. The molecule has 0 bridgehead atoms. The van der Waals surface area contributed by atoms with Crippen LogP contribution in [0.25, 0.3) is 0 Å². The highest BCUT2D eigenvalue weighted by Crippen LogP contribution is 2.51. The van der Waals surface area contributed by atoms with Crippen LogP contribution in [0.4, 0.5) is 13.2 Å². The molecule has 17 heavy (non-hydrogen) atoms. The molecular weight excluding hydrogens is 233 g/mol. The summed E-state index contributed by atoms with van der Waals surface area (Å²) < 4.78 is 44.3. The van der Waals surface area contributed by atoms with Crippen molar-refractivity contribution >= 4 is 0 Å². The van der Waals surface area contributed by atoms with Gasteiger partial charge in [-0.3, -0.25) is 0 Å². The van der Waals surface area contributed by atoms with E-state index in [9.17, 15) is 18.3 Å². The molecule has 5 heteroatoms. The van der Waals surface area contributed by atoms with E-state index in [0.29, 0.717) is 29.9 Å². The van der Waals surface area contributed by atoms with Gasteiger partial charge in [0.05, 0.1) is 6.61 Å². The summed E-state index contributed by atoms with van der Waals surface area (Å²) in [6.07, 6.45) is -4.21. The standard InChI is InChI=1S/C12H11F3O2/c13-12(14,15)11(16)5-3-7-1-2-9-8(10(7)11)4-6-17-9/h1-2,16H,3-6H2. The van der Waals surface area contributed by atoms with Crippen molar-refractivity contribution in [1.29, 1.82) is 0 Å². The van der Waals surface area contributed by atoms with Gasteiger partial charge in [-0.2, -0.15) is 13.2 Å². The number of hydrogen-bond acceptors (Lipinski definition) is 2. The lowest BCUT2D eigenvalue weighted by atomic mass is 9.90. The Morgan fingerprint density at radius 1 is 1.24 bits per heavy atom. The SMILES string of the molecule is OC1(C(F)(F)F)CCc2ccc3c(c21)CCO3. The average molecular weight is 244 g/mol. The molecule has 1 N–H and O–H groups in total. The highest BCUT2D eigenvalue weighted by Gasteiger charge is 2.59. The van der Waals surface area contributed by atoms with Crippen molar-refractivity contribution in [3.05, 3.63) is 28.8 Å². The Morgan fingerprint density at radius 2 is 2.00 bits per heavy atom. The van der Waals surface area contributed by atoms with Gasteiger partial charge in [0.1, 0.15) is 5.75 Å². The second-order valence-corrected chi connectivity index (χ2v) is 4.53. The monoisotopic (exact) mass is 244 g/mol. The maximum atomic E-state index is 13.0. The van der Waals surface area contributed by atoms with E-state index in [1.807, 2.05) is 0 Å². The number of halogens is 3. The van der Waals surface area contributed by atoms with Crippen LogP contribution in [0.15, 0.2) is 12.1 Å². The predicted octanol–water partition coefficient (Wildman–Crippen LogP) is 2.32. The third-order valence-corrected chi connectivity index (χ3v) is 3.60. The number of fused-ring (bicyclic) bond motifs is 3. The second kappa shape index (κ2) is 3.16. The van der Waals surface area contributed by atoms with Gasteiger partial charge >= 0.3 is 6.18 Å². The van der Waals surface area contributed by atoms with Gasteiger partial charge in [-0.05, 0) is 24.5 Å². The molecule has 2 nitrogen and oxygen atoms in total. The molecule has 0 aromatic heterocycles. The topological polar surface area (TPSA) is 29.5 Å².